The van der Waals surface area contributed by atoms with E-state index in [0.717, 1.165) is 16.6 Å². The van der Waals surface area contributed by atoms with Crippen molar-refractivity contribution in [2.45, 2.75) is 15.7 Å². The quantitative estimate of drug-likeness (QED) is 0.466. The normalized spacial score (nSPS) is 11.7. The Morgan fingerprint density at radius 3 is 2.62 bits per heavy atom. The second-order valence-corrected chi connectivity index (χ2v) is 8.55. The van der Waals surface area contributed by atoms with Crippen molar-refractivity contribution in [3.63, 3.8) is 0 Å². The number of nitrogens with zero attached hydrogens (tertiary/aromatic N) is 5. The number of thiophene rings is 1. The molecule has 4 aromatic heterocycles. The lowest BCUT2D eigenvalue weighted by atomic mass is 10.3. The predicted octanol–water partition coefficient (Wildman–Crippen LogP) is 4.72. The molecule has 4 rings (SSSR count). The van der Waals surface area contributed by atoms with E-state index in [9.17, 15) is 18.0 Å². The Bertz CT molecular complexity index is 1160. The minimum absolute atomic E-state index is 0.106. The first-order valence-electron chi connectivity index (χ1n) is 7.73. The second kappa shape index (κ2) is 7.57. The Balaban J connectivity index is 1.80. The Labute approximate surface area is 172 Å². The second-order valence-electron chi connectivity index (χ2n) is 5.39. The fraction of sp³-hybridized carbons (Fsp3) is 0.0625. The number of aromatic nitrogens is 5. The fourth-order valence-corrected chi connectivity index (χ4v) is 5.03. The Hall–Kier alpha value is -2.77. The number of hydrogen-bond donors (Lipinski definition) is 1. The van der Waals surface area contributed by atoms with Crippen LogP contribution in [0, 0.1) is 0 Å². The van der Waals surface area contributed by atoms with Crippen LogP contribution < -0.4 is 0 Å². The average molecular weight is 455 g/mol. The summed E-state index contributed by atoms with van der Waals surface area (Å²) in [5.74, 6) is -1.20. The summed E-state index contributed by atoms with van der Waals surface area (Å²) in [5, 5.41) is 19.4. The van der Waals surface area contributed by atoms with E-state index in [1.807, 2.05) is 17.5 Å². The van der Waals surface area contributed by atoms with Gasteiger partial charge in [0.05, 0.1) is 16.8 Å². The third kappa shape index (κ3) is 3.88. The molecular formula is C16H8F3N5O2S3. The van der Waals surface area contributed by atoms with Crippen molar-refractivity contribution in [1.29, 1.82) is 0 Å². The summed E-state index contributed by atoms with van der Waals surface area (Å²) in [6.45, 7) is 0. The molecule has 0 saturated carbocycles. The summed E-state index contributed by atoms with van der Waals surface area (Å²) in [4.78, 5) is 18.7. The van der Waals surface area contributed by atoms with Crippen LogP contribution in [0.15, 0.2) is 51.5 Å². The molecular weight excluding hydrogens is 447 g/mol. The zero-order valence-electron chi connectivity index (χ0n) is 14.0. The van der Waals surface area contributed by atoms with E-state index in [0.29, 0.717) is 22.8 Å². The van der Waals surface area contributed by atoms with Gasteiger partial charge < -0.3 is 5.11 Å². The first kappa shape index (κ1) is 19.5. The van der Waals surface area contributed by atoms with Crippen LogP contribution in [-0.2, 0) is 6.18 Å². The number of rotatable bonds is 5. The van der Waals surface area contributed by atoms with Crippen molar-refractivity contribution in [2.24, 2.45) is 0 Å². The molecule has 1 N–H and O–H groups in total. The highest BCUT2D eigenvalue weighted by molar-refractivity contribution is 8.00. The zero-order chi connectivity index (χ0) is 20.6. The SMILES string of the molecule is O=C(O)c1sc(Sc2nnc(-c3cccs3)n2-c2cccnc2)nc1C(F)(F)F. The lowest BCUT2D eigenvalue weighted by Crippen LogP contribution is -2.11. The van der Waals surface area contributed by atoms with Crippen molar-refractivity contribution in [3.05, 3.63) is 52.6 Å². The van der Waals surface area contributed by atoms with Gasteiger partial charge >= 0.3 is 12.1 Å². The molecule has 13 heteroatoms. The molecule has 0 bridgehead atoms. The van der Waals surface area contributed by atoms with Crippen LogP contribution in [-0.4, -0.2) is 35.8 Å². The summed E-state index contributed by atoms with van der Waals surface area (Å²) >= 11 is 2.67. The Kier molecular flexibility index (Phi) is 5.10. The predicted molar refractivity (Wildman–Crippen MR) is 101 cm³/mol. The number of carbonyl (C=O) groups is 1. The molecule has 0 aliphatic carbocycles. The first-order valence-corrected chi connectivity index (χ1v) is 10.2. The maximum atomic E-state index is 13.1. The molecule has 0 spiro atoms. The van der Waals surface area contributed by atoms with Crippen LogP contribution in [0.3, 0.4) is 0 Å². The number of hydrogen-bond acceptors (Lipinski definition) is 8. The van der Waals surface area contributed by atoms with E-state index in [-0.39, 0.29) is 9.50 Å². The van der Waals surface area contributed by atoms with Crippen molar-refractivity contribution >= 4 is 40.4 Å². The molecule has 4 heterocycles. The van der Waals surface area contributed by atoms with Crippen LogP contribution in [0.5, 0.6) is 0 Å². The molecule has 0 aromatic carbocycles. The summed E-state index contributed by atoms with van der Waals surface area (Å²) in [7, 11) is 0. The number of pyridine rings is 1. The van der Waals surface area contributed by atoms with E-state index < -0.39 is 22.7 Å². The standard InChI is InChI=1S/C16H8F3N5O2S3/c17-16(18,19)11-10(13(25)26)28-15(21-11)29-14-23-22-12(9-4-2-6-27-9)24(14)8-3-1-5-20-7-8/h1-7H,(H,25,26). The monoisotopic (exact) mass is 455 g/mol. The highest BCUT2D eigenvalue weighted by Crippen LogP contribution is 2.40. The maximum Gasteiger partial charge on any atom is 0.435 e. The van der Waals surface area contributed by atoms with E-state index in [1.165, 1.54) is 11.3 Å². The van der Waals surface area contributed by atoms with Crippen LogP contribution in [0.2, 0.25) is 0 Å². The van der Waals surface area contributed by atoms with Crippen molar-refractivity contribution in [2.75, 3.05) is 0 Å². The molecule has 7 nitrogen and oxygen atoms in total. The van der Waals surface area contributed by atoms with Crippen LogP contribution >= 0.6 is 34.4 Å². The van der Waals surface area contributed by atoms with Crippen molar-refractivity contribution in [3.8, 4) is 16.4 Å². The van der Waals surface area contributed by atoms with Gasteiger partial charge in [-0.25, -0.2) is 9.78 Å². The minimum atomic E-state index is -4.87. The van der Waals surface area contributed by atoms with Gasteiger partial charge in [-0.2, -0.15) is 13.2 Å². The summed E-state index contributed by atoms with van der Waals surface area (Å²) in [5.41, 5.74) is -0.821. The highest BCUT2D eigenvalue weighted by atomic mass is 32.2. The summed E-state index contributed by atoms with van der Waals surface area (Å²) in [6.07, 6.45) is -1.72. The van der Waals surface area contributed by atoms with Gasteiger partial charge in [0, 0.05) is 6.20 Å². The molecule has 0 fully saturated rings. The third-order valence-electron chi connectivity index (χ3n) is 3.53. The molecule has 0 aliphatic heterocycles. The molecule has 29 heavy (non-hydrogen) atoms. The number of carboxylic acid groups (broad SMARTS) is 1. The van der Waals surface area contributed by atoms with Gasteiger partial charge in [-0.05, 0) is 35.3 Å². The van der Waals surface area contributed by atoms with E-state index >= 15 is 0 Å². The zero-order valence-corrected chi connectivity index (χ0v) is 16.4. The van der Waals surface area contributed by atoms with Gasteiger partial charge in [0.15, 0.2) is 15.9 Å². The molecule has 0 atom stereocenters. The van der Waals surface area contributed by atoms with Gasteiger partial charge in [-0.3, -0.25) is 9.55 Å². The topological polar surface area (TPSA) is 93.8 Å². The molecule has 0 unspecified atom stereocenters. The molecule has 4 aromatic rings. The minimum Gasteiger partial charge on any atom is -0.477 e. The van der Waals surface area contributed by atoms with Gasteiger partial charge in [0.2, 0.25) is 5.16 Å². The lowest BCUT2D eigenvalue weighted by Gasteiger charge is -2.07. The molecule has 0 radical (unpaired) electrons. The highest BCUT2D eigenvalue weighted by Gasteiger charge is 2.40. The van der Waals surface area contributed by atoms with Crippen molar-refractivity contribution in [1.82, 2.24) is 24.7 Å². The van der Waals surface area contributed by atoms with E-state index in [1.54, 1.807) is 29.1 Å². The van der Waals surface area contributed by atoms with Crippen LogP contribution in [0.25, 0.3) is 16.4 Å². The average Bonchev–Trinajstić information content (AvgIpc) is 3.41. The summed E-state index contributed by atoms with van der Waals surface area (Å²) in [6, 6.07) is 7.13. The Morgan fingerprint density at radius 2 is 2.03 bits per heavy atom. The summed E-state index contributed by atoms with van der Waals surface area (Å²) < 4.78 is 40.9. The number of alkyl halides is 3. The van der Waals surface area contributed by atoms with E-state index in [2.05, 4.69) is 20.2 Å². The number of aromatic carboxylic acids is 1. The fourth-order valence-electron chi connectivity index (χ4n) is 2.38. The third-order valence-corrected chi connectivity index (χ3v) is 6.44. The van der Waals surface area contributed by atoms with Gasteiger partial charge in [0.25, 0.3) is 0 Å². The van der Waals surface area contributed by atoms with Crippen molar-refractivity contribution < 1.29 is 23.1 Å². The first-order chi connectivity index (χ1) is 13.8. The molecule has 0 amide bonds. The van der Waals surface area contributed by atoms with Gasteiger partial charge in [-0.15, -0.1) is 21.5 Å². The number of thiazole rings is 1. The smallest absolute Gasteiger partial charge is 0.435 e. The lowest BCUT2D eigenvalue weighted by molar-refractivity contribution is -0.141. The number of halogens is 3. The molecule has 0 saturated heterocycles. The largest absolute Gasteiger partial charge is 0.477 e. The molecule has 0 aliphatic rings. The van der Waals surface area contributed by atoms with E-state index in [4.69, 9.17) is 5.11 Å². The number of carboxylic acids is 1. The Morgan fingerprint density at radius 1 is 1.21 bits per heavy atom. The van der Waals surface area contributed by atoms with Crippen LogP contribution in [0.1, 0.15) is 15.4 Å². The van der Waals surface area contributed by atoms with Gasteiger partial charge in [0.1, 0.15) is 4.88 Å². The maximum absolute atomic E-state index is 13.1. The van der Waals surface area contributed by atoms with Gasteiger partial charge in [-0.1, -0.05) is 17.4 Å². The molecule has 148 valence electrons. The van der Waals surface area contributed by atoms with Crippen LogP contribution in [0.4, 0.5) is 13.2 Å².